The molecule has 0 bridgehead atoms. The number of hydrogen-bond acceptors (Lipinski definition) is 9. The van der Waals surface area contributed by atoms with Crippen molar-refractivity contribution in [3.05, 3.63) is 55.8 Å². The zero-order valence-electron chi connectivity index (χ0n) is 18.8. The highest BCUT2D eigenvalue weighted by atomic mass is 79.9. The number of ether oxygens (including phenoxy) is 3. The minimum atomic E-state index is -1.07. The Morgan fingerprint density at radius 3 is 2.82 bits per heavy atom. The summed E-state index contributed by atoms with van der Waals surface area (Å²) in [5.41, 5.74) is 3.90. The molecule has 34 heavy (non-hydrogen) atoms. The molecular formula is C22H25BrN4O6S. The Hall–Kier alpha value is -3.09. The normalized spacial score (nSPS) is 16.6. The molecule has 3 rings (SSSR count). The van der Waals surface area contributed by atoms with Crippen LogP contribution in [0.4, 0.5) is 4.79 Å². The predicted molar refractivity (Wildman–Crippen MR) is 131 cm³/mol. The van der Waals surface area contributed by atoms with Crippen molar-refractivity contribution >= 4 is 45.5 Å². The number of hydrazone groups is 1. The average molecular weight is 553 g/mol. The SMILES string of the molecule is CCOc1cc([C@@H]2NC(=O)NC(C)=C2C(=O)OC)ccc1OC[C@@H](O)N/N=C\c1sccc1Br. The topological polar surface area (TPSA) is 131 Å². The number of amides is 2. The molecule has 0 unspecified atom stereocenters. The number of benzene rings is 1. The van der Waals surface area contributed by atoms with Gasteiger partial charge in [0.25, 0.3) is 0 Å². The molecule has 1 aromatic carbocycles. The Morgan fingerprint density at radius 2 is 2.15 bits per heavy atom. The lowest BCUT2D eigenvalue weighted by molar-refractivity contribution is -0.136. The van der Waals surface area contributed by atoms with Crippen LogP contribution in [0.2, 0.25) is 0 Å². The summed E-state index contributed by atoms with van der Waals surface area (Å²) in [5.74, 6) is 0.225. The van der Waals surface area contributed by atoms with Gasteiger partial charge in [0.2, 0.25) is 0 Å². The van der Waals surface area contributed by atoms with E-state index in [4.69, 9.17) is 14.2 Å². The van der Waals surface area contributed by atoms with E-state index in [1.54, 1.807) is 31.3 Å². The molecule has 12 heteroatoms. The Labute approximate surface area is 209 Å². The first-order valence-corrected chi connectivity index (χ1v) is 12.0. The van der Waals surface area contributed by atoms with Gasteiger partial charge in [-0.15, -0.1) is 11.3 Å². The maximum atomic E-state index is 12.3. The van der Waals surface area contributed by atoms with Crippen LogP contribution in [-0.4, -0.2) is 49.9 Å². The van der Waals surface area contributed by atoms with E-state index in [2.05, 4.69) is 37.1 Å². The Bertz CT molecular complexity index is 1100. The molecule has 0 saturated carbocycles. The largest absolute Gasteiger partial charge is 0.490 e. The van der Waals surface area contributed by atoms with Crippen LogP contribution in [0.5, 0.6) is 11.5 Å². The number of rotatable bonds is 10. The molecule has 10 nitrogen and oxygen atoms in total. The summed E-state index contributed by atoms with van der Waals surface area (Å²) in [4.78, 5) is 25.3. The number of esters is 1. The number of aliphatic hydroxyl groups is 1. The summed E-state index contributed by atoms with van der Waals surface area (Å²) < 4.78 is 17.2. The number of halogens is 1. The molecule has 4 N–H and O–H groups in total. The smallest absolute Gasteiger partial charge is 0.337 e. The fourth-order valence-electron chi connectivity index (χ4n) is 3.20. The van der Waals surface area contributed by atoms with Crippen molar-refractivity contribution in [3.8, 4) is 11.5 Å². The number of allylic oxidation sites excluding steroid dienone is 1. The zero-order valence-corrected chi connectivity index (χ0v) is 21.2. The highest BCUT2D eigenvalue weighted by Crippen LogP contribution is 2.34. The van der Waals surface area contributed by atoms with Gasteiger partial charge in [-0.1, -0.05) is 6.07 Å². The van der Waals surface area contributed by atoms with Crippen molar-refractivity contribution in [1.82, 2.24) is 16.1 Å². The molecule has 0 aliphatic carbocycles. The first kappa shape index (κ1) is 25.5. The van der Waals surface area contributed by atoms with Gasteiger partial charge in [-0.2, -0.15) is 5.10 Å². The predicted octanol–water partition coefficient (Wildman–Crippen LogP) is 3.03. The van der Waals surface area contributed by atoms with Crippen LogP contribution in [-0.2, 0) is 9.53 Å². The van der Waals surface area contributed by atoms with Gasteiger partial charge in [-0.3, -0.25) is 5.43 Å². The maximum absolute atomic E-state index is 12.3. The number of nitrogens with one attached hydrogen (secondary N) is 3. The highest BCUT2D eigenvalue weighted by Gasteiger charge is 2.32. The fourth-order valence-corrected chi connectivity index (χ4v) is 4.54. The highest BCUT2D eigenvalue weighted by molar-refractivity contribution is 9.10. The minimum absolute atomic E-state index is 0.0983. The monoisotopic (exact) mass is 552 g/mol. The van der Waals surface area contributed by atoms with E-state index in [9.17, 15) is 14.7 Å². The Morgan fingerprint density at radius 1 is 1.35 bits per heavy atom. The second-order valence-electron chi connectivity index (χ2n) is 7.05. The van der Waals surface area contributed by atoms with Gasteiger partial charge < -0.3 is 30.0 Å². The number of carbonyl (C=O) groups is 2. The molecule has 0 radical (unpaired) electrons. The number of aliphatic hydroxyl groups excluding tert-OH is 1. The molecule has 1 aromatic heterocycles. The molecule has 2 aromatic rings. The summed E-state index contributed by atoms with van der Waals surface area (Å²) in [6, 6.07) is 5.78. The molecule has 0 saturated heterocycles. The molecule has 182 valence electrons. The molecular weight excluding hydrogens is 528 g/mol. The summed E-state index contributed by atoms with van der Waals surface area (Å²) >= 11 is 4.92. The summed E-state index contributed by atoms with van der Waals surface area (Å²) in [6.07, 6.45) is 0.532. The lowest BCUT2D eigenvalue weighted by Crippen LogP contribution is -2.45. The van der Waals surface area contributed by atoms with Crippen molar-refractivity contribution in [2.75, 3.05) is 20.3 Å². The third-order valence-electron chi connectivity index (χ3n) is 4.72. The molecule has 2 atom stereocenters. The lowest BCUT2D eigenvalue weighted by atomic mass is 9.95. The number of carbonyl (C=O) groups excluding carboxylic acids is 2. The lowest BCUT2D eigenvalue weighted by Gasteiger charge is -2.28. The summed E-state index contributed by atoms with van der Waals surface area (Å²) in [7, 11) is 1.28. The first-order valence-electron chi connectivity index (χ1n) is 10.3. The fraction of sp³-hybridized carbons (Fsp3) is 0.318. The molecule has 1 aliphatic heterocycles. The second kappa shape index (κ2) is 11.9. The van der Waals surface area contributed by atoms with Crippen molar-refractivity contribution in [2.24, 2.45) is 5.10 Å². The number of hydrogen-bond donors (Lipinski definition) is 4. The van der Waals surface area contributed by atoms with Gasteiger partial charge in [0, 0.05) is 10.2 Å². The van der Waals surface area contributed by atoms with E-state index >= 15 is 0 Å². The van der Waals surface area contributed by atoms with E-state index < -0.39 is 24.3 Å². The minimum Gasteiger partial charge on any atom is -0.490 e. The van der Waals surface area contributed by atoms with Crippen molar-refractivity contribution in [3.63, 3.8) is 0 Å². The van der Waals surface area contributed by atoms with E-state index in [0.29, 0.717) is 29.4 Å². The standard InChI is InChI=1S/C22H25BrN4O6S/c1-4-32-16-9-13(20-19(21(29)31-3)12(2)25-22(30)26-20)5-6-15(16)33-11-18(28)27-24-10-17-14(23)7-8-34-17/h5-10,18,20,27-28H,4,11H2,1-3H3,(H2,25,26,30)/b24-10-/t18-,20+/m1/s1. The van der Waals surface area contributed by atoms with Crippen LogP contribution in [0.25, 0.3) is 0 Å². The van der Waals surface area contributed by atoms with Crippen molar-refractivity contribution < 1.29 is 28.9 Å². The number of methoxy groups -OCH3 is 1. The average Bonchev–Trinajstić information content (AvgIpc) is 3.22. The molecule has 0 spiro atoms. The van der Waals surface area contributed by atoms with Crippen molar-refractivity contribution in [1.29, 1.82) is 0 Å². The van der Waals surface area contributed by atoms with Gasteiger partial charge in [0.1, 0.15) is 6.61 Å². The second-order valence-corrected chi connectivity index (χ2v) is 8.85. The van der Waals surface area contributed by atoms with Gasteiger partial charge in [0.05, 0.1) is 36.4 Å². The Balaban J connectivity index is 1.73. The number of nitrogens with zero attached hydrogens (tertiary/aromatic N) is 1. The van der Waals surface area contributed by atoms with Crippen LogP contribution in [0, 0.1) is 0 Å². The van der Waals surface area contributed by atoms with Crippen LogP contribution in [0.3, 0.4) is 0 Å². The first-order chi connectivity index (χ1) is 16.3. The van der Waals surface area contributed by atoms with Gasteiger partial charge in [-0.05, 0) is 58.9 Å². The summed E-state index contributed by atoms with van der Waals surface area (Å²) in [6.45, 7) is 3.71. The number of thiophene rings is 1. The molecule has 1 aliphatic rings. The Kier molecular flexibility index (Phi) is 8.91. The van der Waals surface area contributed by atoms with E-state index in [-0.39, 0.29) is 12.2 Å². The maximum Gasteiger partial charge on any atom is 0.337 e. The number of urea groups is 1. The quantitative estimate of drug-likeness (QED) is 0.154. The van der Waals surface area contributed by atoms with E-state index in [1.807, 2.05) is 18.4 Å². The van der Waals surface area contributed by atoms with Crippen LogP contribution < -0.4 is 25.5 Å². The van der Waals surface area contributed by atoms with Crippen molar-refractivity contribution in [2.45, 2.75) is 26.1 Å². The van der Waals surface area contributed by atoms with Gasteiger partial charge in [-0.25, -0.2) is 9.59 Å². The molecule has 2 amide bonds. The van der Waals surface area contributed by atoms with Gasteiger partial charge >= 0.3 is 12.0 Å². The van der Waals surface area contributed by atoms with E-state index in [0.717, 1.165) is 9.35 Å². The van der Waals surface area contributed by atoms with E-state index in [1.165, 1.54) is 18.4 Å². The van der Waals surface area contributed by atoms with Gasteiger partial charge in [0.15, 0.2) is 17.7 Å². The van der Waals surface area contributed by atoms with Crippen LogP contribution >= 0.6 is 27.3 Å². The molecule has 2 heterocycles. The molecule has 0 fully saturated rings. The van der Waals surface area contributed by atoms with Crippen LogP contribution in [0.1, 0.15) is 30.3 Å². The third-order valence-corrected chi connectivity index (χ3v) is 6.53. The van der Waals surface area contributed by atoms with Crippen LogP contribution in [0.15, 0.2) is 50.5 Å². The third kappa shape index (κ3) is 6.27. The summed E-state index contributed by atoms with van der Waals surface area (Å²) in [5, 5.41) is 21.4. The zero-order chi connectivity index (χ0) is 24.7.